The SMILES string of the molecule is CC(C)C1NNC(C(=O)NCCCCN(C)c2ccccc2)C1Br. The van der Waals surface area contributed by atoms with E-state index in [9.17, 15) is 4.79 Å². The maximum absolute atomic E-state index is 12.3. The molecule has 6 heteroatoms. The number of halogens is 1. The molecule has 3 atom stereocenters. The van der Waals surface area contributed by atoms with Crippen molar-refractivity contribution in [1.29, 1.82) is 0 Å². The van der Waals surface area contributed by atoms with Gasteiger partial charge in [0.05, 0.1) is 4.83 Å². The number of anilines is 1. The smallest absolute Gasteiger partial charge is 0.239 e. The van der Waals surface area contributed by atoms with Crippen LogP contribution in [0.1, 0.15) is 26.7 Å². The zero-order valence-electron chi connectivity index (χ0n) is 14.8. The van der Waals surface area contributed by atoms with E-state index in [-0.39, 0.29) is 22.8 Å². The second-order valence-corrected chi connectivity index (χ2v) is 7.79. The lowest BCUT2D eigenvalue weighted by Crippen LogP contribution is -2.46. The Bertz CT molecular complexity index is 511. The number of nitrogens with one attached hydrogen (secondary N) is 3. The zero-order chi connectivity index (χ0) is 17.5. The van der Waals surface area contributed by atoms with Crippen LogP contribution in [0.4, 0.5) is 5.69 Å². The highest BCUT2D eigenvalue weighted by Crippen LogP contribution is 2.21. The molecule has 0 aliphatic carbocycles. The van der Waals surface area contributed by atoms with Gasteiger partial charge in [0.2, 0.25) is 5.91 Å². The summed E-state index contributed by atoms with van der Waals surface area (Å²) in [5.41, 5.74) is 7.53. The van der Waals surface area contributed by atoms with Crippen molar-refractivity contribution in [3.05, 3.63) is 30.3 Å². The molecular formula is C18H29BrN4O. The number of benzene rings is 1. The largest absolute Gasteiger partial charge is 0.375 e. The van der Waals surface area contributed by atoms with Crippen molar-refractivity contribution in [3.63, 3.8) is 0 Å². The second-order valence-electron chi connectivity index (χ2n) is 6.74. The van der Waals surface area contributed by atoms with Crippen LogP contribution in [-0.2, 0) is 4.79 Å². The van der Waals surface area contributed by atoms with Gasteiger partial charge in [0.15, 0.2) is 0 Å². The summed E-state index contributed by atoms with van der Waals surface area (Å²) in [5, 5.41) is 3.04. The summed E-state index contributed by atoms with van der Waals surface area (Å²) in [4.78, 5) is 14.6. The maximum Gasteiger partial charge on any atom is 0.239 e. The highest BCUT2D eigenvalue weighted by atomic mass is 79.9. The first-order valence-electron chi connectivity index (χ1n) is 8.69. The zero-order valence-corrected chi connectivity index (χ0v) is 16.3. The summed E-state index contributed by atoms with van der Waals surface area (Å²) >= 11 is 3.65. The first-order valence-corrected chi connectivity index (χ1v) is 9.61. The fourth-order valence-corrected chi connectivity index (χ4v) is 4.02. The summed E-state index contributed by atoms with van der Waals surface area (Å²) in [5.74, 6) is 0.525. The molecule has 1 aromatic carbocycles. The van der Waals surface area contributed by atoms with Crippen molar-refractivity contribution in [1.82, 2.24) is 16.2 Å². The number of unbranched alkanes of at least 4 members (excludes halogenated alkanes) is 1. The van der Waals surface area contributed by atoms with Crippen molar-refractivity contribution in [2.24, 2.45) is 5.92 Å². The van der Waals surface area contributed by atoms with Crippen molar-refractivity contribution >= 4 is 27.5 Å². The Morgan fingerprint density at radius 2 is 1.96 bits per heavy atom. The third-order valence-corrected chi connectivity index (χ3v) is 5.58. The number of carbonyl (C=O) groups is 1. The lowest BCUT2D eigenvalue weighted by Gasteiger charge is -2.20. The molecule has 134 valence electrons. The number of hydrogen-bond donors (Lipinski definition) is 3. The van der Waals surface area contributed by atoms with E-state index in [4.69, 9.17) is 0 Å². The Balaban J connectivity index is 1.63. The van der Waals surface area contributed by atoms with Crippen molar-refractivity contribution in [2.75, 3.05) is 25.0 Å². The van der Waals surface area contributed by atoms with E-state index in [1.165, 1.54) is 5.69 Å². The second kappa shape index (κ2) is 9.39. The average Bonchev–Trinajstić information content (AvgIpc) is 2.97. The van der Waals surface area contributed by atoms with Crippen molar-refractivity contribution in [2.45, 2.75) is 43.6 Å². The van der Waals surface area contributed by atoms with Crippen molar-refractivity contribution < 1.29 is 4.79 Å². The summed E-state index contributed by atoms with van der Waals surface area (Å²) in [6.07, 6.45) is 2.03. The molecule has 2 rings (SSSR count). The van der Waals surface area contributed by atoms with Crippen LogP contribution >= 0.6 is 15.9 Å². The molecule has 24 heavy (non-hydrogen) atoms. The molecule has 0 saturated carbocycles. The molecule has 1 aliphatic rings. The van der Waals surface area contributed by atoms with Crippen LogP contribution < -0.4 is 21.1 Å². The minimum Gasteiger partial charge on any atom is -0.375 e. The minimum absolute atomic E-state index is 0.0592. The molecule has 0 spiro atoms. The molecule has 0 bridgehead atoms. The summed E-state index contributed by atoms with van der Waals surface area (Å²) in [6, 6.07) is 10.4. The highest BCUT2D eigenvalue weighted by molar-refractivity contribution is 9.09. The summed E-state index contributed by atoms with van der Waals surface area (Å²) < 4.78 is 0. The number of hydrazine groups is 1. The highest BCUT2D eigenvalue weighted by Gasteiger charge is 2.39. The Morgan fingerprint density at radius 1 is 1.25 bits per heavy atom. The molecule has 3 N–H and O–H groups in total. The van der Waals surface area contributed by atoms with Gasteiger partial charge in [0.25, 0.3) is 0 Å². The summed E-state index contributed by atoms with van der Waals surface area (Å²) in [7, 11) is 2.10. The van der Waals surface area contributed by atoms with Gasteiger partial charge in [-0.05, 0) is 30.9 Å². The molecule has 1 aromatic rings. The molecule has 1 saturated heterocycles. The lowest BCUT2D eigenvalue weighted by molar-refractivity contribution is -0.122. The van der Waals surface area contributed by atoms with Gasteiger partial charge in [-0.3, -0.25) is 10.2 Å². The van der Waals surface area contributed by atoms with Crippen molar-refractivity contribution in [3.8, 4) is 0 Å². The van der Waals surface area contributed by atoms with Gasteiger partial charge in [-0.2, -0.15) is 0 Å². The van der Waals surface area contributed by atoms with Crippen LogP contribution in [0, 0.1) is 5.92 Å². The third kappa shape index (κ3) is 5.19. The van der Waals surface area contributed by atoms with Crippen LogP contribution in [0.25, 0.3) is 0 Å². The van der Waals surface area contributed by atoms with Gasteiger partial charge in [0.1, 0.15) is 6.04 Å². The van der Waals surface area contributed by atoms with E-state index in [0.717, 1.165) is 19.4 Å². The standard InChI is InChI=1S/C18H29BrN4O/c1-13(2)16-15(19)17(22-21-16)18(24)20-11-7-8-12-23(3)14-9-5-4-6-10-14/h4-6,9-10,13,15-17,21-22H,7-8,11-12H2,1-3H3,(H,20,24). The van der Waals surface area contributed by atoms with Gasteiger partial charge >= 0.3 is 0 Å². The number of amides is 1. The number of carbonyl (C=O) groups excluding carboxylic acids is 1. The van der Waals surface area contributed by atoms with E-state index in [2.05, 4.69) is 82.2 Å². The fraction of sp³-hybridized carbons (Fsp3) is 0.611. The Morgan fingerprint density at radius 3 is 2.58 bits per heavy atom. The van der Waals surface area contributed by atoms with E-state index in [0.29, 0.717) is 12.5 Å². The molecule has 3 unspecified atom stereocenters. The number of rotatable bonds is 8. The van der Waals surface area contributed by atoms with E-state index < -0.39 is 0 Å². The Hall–Kier alpha value is -1.11. The van der Waals surface area contributed by atoms with Crippen LogP contribution in [-0.4, -0.2) is 43.0 Å². The Kier molecular flexibility index (Phi) is 7.52. The quantitative estimate of drug-likeness (QED) is 0.466. The van der Waals surface area contributed by atoms with E-state index in [1.807, 2.05) is 6.07 Å². The number of hydrogen-bond acceptors (Lipinski definition) is 4. The van der Waals surface area contributed by atoms with E-state index >= 15 is 0 Å². The number of para-hydroxylation sites is 1. The van der Waals surface area contributed by atoms with Crippen LogP contribution in [0.15, 0.2) is 30.3 Å². The minimum atomic E-state index is -0.218. The van der Waals surface area contributed by atoms with Crippen LogP contribution in [0.3, 0.4) is 0 Å². The van der Waals surface area contributed by atoms with Gasteiger partial charge in [-0.1, -0.05) is 48.0 Å². The normalized spacial score (nSPS) is 23.5. The van der Waals surface area contributed by atoms with Gasteiger partial charge in [0, 0.05) is 31.9 Å². The summed E-state index contributed by atoms with van der Waals surface area (Å²) in [6.45, 7) is 6.00. The van der Waals surface area contributed by atoms with Crippen LogP contribution in [0.2, 0.25) is 0 Å². The fourth-order valence-electron chi connectivity index (χ4n) is 2.90. The number of nitrogens with zero attached hydrogens (tertiary/aromatic N) is 1. The number of alkyl halides is 1. The topological polar surface area (TPSA) is 56.4 Å². The van der Waals surface area contributed by atoms with Gasteiger partial charge < -0.3 is 10.2 Å². The van der Waals surface area contributed by atoms with Gasteiger partial charge in [-0.25, -0.2) is 5.43 Å². The molecule has 1 aliphatic heterocycles. The first-order chi connectivity index (χ1) is 11.5. The van der Waals surface area contributed by atoms with E-state index in [1.54, 1.807) is 0 Å². The molecule has 0 radical (unpaired) electrons. The molecule has 1 amide bonds. The predicted octanol–water partition coefficient (Wildman–Crippen LogP) is 2.28. The van der Waals surface area contributed by atoms with Gasteiger partial charge in [-0.15, -0.1) is 0 Å². The predicted molar refractivity (Wildman–Crippen MR) is 103 cm³/mol. The molecule has 1 fully saturated rings. The average molecular weight is 397 g/mol. The Labute approximate surface area is 153 Å². The first kappa shape index (κ1) is 19.2. The lowest BCUT2D eigenvalue weighted by atomic mass is 9.99. The molecule has 1 heterocycles. The van der Waals surface area contributed by atoms with Crippen LogP contribution in [0.5, 0.6) is 0 Å². The molecular weight excluding hydrogens is 368 g/mol. The third-order valence-electron chi connectivity index (χ3n) is 4.48. The molecule has 0 aromatic heterocycles. The maximum atomic E-state index is 12.3. The monoisotopic (exact) mass is 396 g/mol. The molecule has 5 nitrogen and oxygen atoms in total.